The fourth-order valence-corrected chi connectivity index (χ4v) is 1.65. The number of hydrogen-bond donors (Lipinski definition) is 1. The van der Waals surface area contributed by atoms with Crippen LogP contribution in [-0.2, 0) is 20.2 Å². The molecule has 96 valence electrons. The van der Waals surface area contributed by atoms with Crippen molar-refractivity contribution in [2.24, 2.45) is 7.05 Å². The highest BCUT2D eigenvalue weighted by Crippen LogP contribution is 2.12. The smallest absolute Gasteiger partial charge is 0.157 e. The lowest BCUT2D eigenvalue weighted by Gasteiger charge is -2.09. The molecule has 0 aliphatic rings. The molecule has 0 spiro atoms. The Morgan fingerprint density at radius 3 is 3.06 bits per heavy atom. The van der Waals surface area contributed by atoms with Gasteiger partial charge in [0.15, 0.2) is 5.75 Å². The van der Waals surface area contributed by atoms with Crippen LogP contribution in [0.25, 0.3) is 0 Å². The van der Waals surface area contributed by atoms with Gasteiger partial charge in [0.1, 0.15) is 6.61 Å². The summed E-state index contributed by atoms with van der Waals surface area (Å²) in [5, 5.41) is 7.36. The zero-order chi connectivity index (χ0) is 12.8. The summed E-state index contributed by atoms with van der Waals surface area (Å²) in [5.74, 6) is 0.762. The van der Waals surface area contributed by atoms with Gasteiger partial charge in [0.05, 0.1) is 18.1 Å². The van der Waals surface area contributed by atoms with Crippen molar-refractivity contribution in [2.75, 3.05) is 6.54 Å². The minimum atomic E-state index is 0.466. The second kappa shape index (κ2) is 6.16. The average Bonchev–Trinajstić information content (AvgIpc) is 2.81. The monoisotopic (exact) mass is 246 g/mol. The van der Waals surface area contributed by atoms with Crippen LogP contribution >= 0.6 is 0 Å². The van der Waals surface area contributed by atoms with E-state index in [1.165, 1.54) is 5.56 Å². The topological polar surface area (TPSA) is 52.0 Å². The van der Waals surface area contributed by atoms with Crippen molar-refractivity contribution < 1.29 is 4.74 Å². The summed E-state index contributed by atoms with van der Waals surface area (Å²) in [7, 11) is 1.87. The summed E-state index contributed by atoms with van der Waals surface area (Å²) in [4.78, 5) is 4.36. The van der Waals surface area contributed by atoms with Crippen LogP contribution < -0.4 is 10.1 Å². The van der Waals surface area contributed by atoms with E-state index in [0.29, 0.717) is 6.61 Å². The number of rotatable bonds is 6. The molecule has 2 aromatic rings. The molecule has 0 radical (unpaired) electrons. The van der Waals surface area contributed by atoms with Gasteiger partial charge in [0.2, 0.25) is 0 Å². The largest absolute Gasteiger partial charge is 0.484 e. The SMILES string of the molecule is CCNCc1cccnc1COc1cnn(C)c1. The van der Waals surface area contributed by atoms with Crippen LogP contribution in [0.3, 0.4) is 0 Å². The highest BCUT2D eigenvalue weighted by atomic mass is 16.5. The highest BCUT2D eigenvalue weighted by molar-refractivity contribution is 5.20. The first kappa shape index (κ1) is 12.6. The molecule has 0 amide bonds. The van der Waals surface area contributed by atoms with Gasteiger partial charge in [-0.15, -0.1) is 0 Å². The second-order valence-corrected chi connectivity index (χ2v) is 4.03. The molecule has 2 heterocycles. The lowest BCUT2D eigenvalue weighted by molar-refractivity contribution is 0.299. The molecule has 0 unspecified atom stereocenters. The first-order chi connectivity index (χ1) is 8.79. The molecule has 0 saturated heterocycles. The molecule has 5 nitrogen and oxygen atoms in total. The standard InChI is InChI=1S/C13H18N4O/c1-3-14-7-11-5-4-6-15-13(11)10-18-12-8-16-17(2)9-12/h4-6,8-9,14H,3,7,10H2,1-2H3. The zero-order valence-electron chi connectivity index (χ0n) is 10.8. The fourth-order valence-electron chi connectivity index (χ4n) is 1.65. The van der Waals surface area contributed by atoms with E-state index in [-0.39, 0.29) is 0 Å². The molecular weight excluding hydrogens is 228 g/mol. The van der Waals surface area contributed by atoms with Crippen LogP contribution in [0.15, 0.2) is 30.7 Å². The number of aryl methyl sites for hydroxylation is 1. The average molecular weight is 246 g/mol. The van der Waals surface area contributed by atoms with Gasteiger partial charge >= 0.3 is 0 Å². The van der Waals surface area contributed by atoms with E-state index in [1.807, 2.05) is 19.3 Å². The van der Waals surface area contributed by atoms with Gasteiger partial charge in [0.25, 0.3) is 0 Å². The van der Waals surface area contributed by atoms with Gasteiger partial charge in [-0.05, 0) is 18.2 Å². The third kappa shape index (κ3) is 3.30. The van der Waals surface area contributed by atoms with Crippen molar-refractivity contribution in [3.05, 3.63) is 42.0 Å². The van der Waals surface area contributed by atoms with E-state index in [1.54, 1.807) is 17.1 Å². The predicted molar refractivity (Wildman–Crippen MR) is 69.2 cm³/mol. The van der Waals surface area contributed by atoms with Crippen LogP contribution in [0.4, 0.5) is 0 Å². The lowest BCUT2D eigenvalue weighted by Crippen LogP contribution is -2.14. The van der Waals surface area contributed by atoms with Gasteiger partial charge in [0, 0.05) is 19.8 Å². The van der Waals surface area contributed by atoms with E-state index >= 15 is 0 Å². The van der Waals surface area contributed by atoms with Crippen molar-refractivity contribution in [1.29, 1.82) is 0 Å². The number of hydrogen-bond acceptors (Lipinski definition) is 4. The molecule has 2 rings (SSSR count). The van der Waals surface area contributed by atoms with E-state index < -0.39 is 0 Å². The van der Waals surface area contributed by atoms with Crippen LogP contribution in [0.5, 0.6) is 5.75 Å². The number of nitrogens with one attached hydrogen (secondary N) is 1. The van der Waals surface area contributed by atoms with Crippen LogP contribution in [0.1, 0.15) is 18.2 Å². The summed E-state index contributed by atoms with van der Waals surface area (Å²) in [6.45, 7) is 4.31. The minimum absolute atomic E-state index is 0.466. The van der Waals surface area contributed by atoms with E-state index in [4.69, 9.17) is 4.74 Å². The normalized spacial score (nSPS) is 10.6. The maximum absolute atomic E-state index is 5.66. The quantitative estimate of drug-likeness (QED) is 0.839. The van der Waals surface area contributed by atoms with E-state index in [0.717, 1.165) is 24.5 Å². The summed E-state index contributed by atoms with van der Waals surface area (Å²) in [5.41, 5.74) is 2.13. The van der Waals surface area contributed by atoms with Gasteiger partial charge in [-0.25, -0.2) is 0 Å². The van der Waals surface area contributed by atoms with Gasteiger partial charge in [-0.1, -0.05) is 13.0 Å². The molecule has 0 atom stereocenters. The molecule has 0 aliphatic heterocycles. The van der Waals surface area contributed by atoms with E-state index in [9.17, 15) is 0 Å². The fraction of sp³-hybridized carbons (Fsp3) is 0.385. The molecule has 0 aromatic carbocycles. The summed E-state index contributed by atoms with van der Waals surface area (Å²) in [6.07, 6.45) is 5.33. The van der Waals surface area contributed by atoms with Crippen molar-refractivity contribution in [3.8, 4) is 5.75 Å². The zero-order valence-corrected chi connectivity index (χ0v) is 10.8. The molecule has 5 heteroatoms. The Morgan fingerprint density at radius 2 is 2.33 bits per heavy atom. The Labute approximate surface area is 107 Å². The Hall–Kier alpha value is -1.88. The van der Waals surface area contributed by atoms with Crippen molar-refractivity contribution >= 4 is 0 Å². The Kier molecular flexibility index (Phi) is 4.30. The van der Waals surface area contributed by atoms with Gasteiger partial charge in [-0.3, -0.25) is 9.67 Å². The number of pyridine rings is 1. The van der Waals surface area contributed by atoms with Crippen LogP contribution in [0, 0.1) is 0 Å². The molecular formula is C13H18N4O. The van der Waals surface area contributed by atoms with Crippen LogP contribution in [0.2, 0.25) is 0 Å². The third-order valence-corrected chi connectivity index (χ3v) is 2.61. The molecule has 2 aromatic heterocycles. The van der Waals surface area contributed by atoms with Gasteiger partial charge in [-0.2, -0.15) is 5.10 Å². The van der Waals surface area contributed by atoms with Crippen LogP contribution in [-0.4, -0.2) is 21.3 Å². The summed E-state index contributed by atoms with van der Waals surface area (Å²) >= 11 is 0. The maximum Gasteiger partial charge on any atom is 0.157 e. The first-order valence-electron chi connectivity index (χ1n) is 6.04. The lowest BCUT2D eigenvalue weighted by atomic mass is 10.2. The molecule has 0 fully saturated rings. The molecule has 0 aliphatic carbocycles. The molecule has 1 N–H and O–H groups in total. The number of aromatic nitrogens is 3. The third-order valence-electron chi connectivity index (χ3n) is 2.61. The Balaban J connectivity index is 1.99. The number of ether oxygens (including phenoxy) is 1. The maximum atomic E-state index is 5.66. The summed E-state index contributed by atoms with van der Waals surface area (Å²) in [6, 6.07) is 4.01. The number of nitrogens with zero attached hydrogens (tertiary/aromatic N) is 3. The van der Waals surface area contributed by atoms with Gasteiger partial charge < -0.3 is 10.1 Å². The van der Waals surface area contributed by atoms with E-state index in [2.05, 4.69) is 28.4 Å². The Morgan fingerprint density at radius 1 is 1.44 bits per heavy atom. The minimum Gasteiger partial charge on any atom is -0.484 e. The Bertz CT molecular complexity index is 495. The first-order valence-corrected chi connectivity index (χ1v) is 6.04. The molecule has 18 heavy (non-hydrogen) atoms. The van der Waals surface area contributed by atoms with Crippen molar-refractivity contribution in [3.63, 3.8) is 0 Å². The van der Waals surface area contributed by atoms with Crippen molar-refractivity contribution in [2.45, 2.75) is 20.1 Å². The molecule has 0 bridgehead atoms. The second-order valence-electron chi connectivity index (χ2n) is 4.03. The summed E-state index contributed by atoms with van der Waals surface area (Å²) < 4.78 is 7.38. The predicted octanol–water partition coefficient (Wildman–Crippen LogP) is 1.50. The van der Waals surface area contributed by atoms with Crippen molar-refractivity contribution in [1.82, 2.24) is 20.1 Å². The highest BCUT2D eigenvalue weighted by Gasteiger charge is 2.04. The molecule has 0 saturated carbocycles.